The normalized spacial score (nSPS) is 10.9. The van der Waals surface area contributed by atoms with E-state index in [2.05, 4.69) is 10.6 Å². The first-order valence-corrected chi connectivity index (χ1v) is 10.3. The molecular weight excluding hydrogens is 400 g/mol. The van der Waals surface area contributed by atoms with E-state index >= 15 is 0 Å². The summed E-state index contributed by atoms with van der Waals surface area (Å²) in [5, 5.41) is 6.59. The third-order valence-electron chi connectivity index (χ3n) is 5.40. The van der Waals surface area contributed by atoms with Gasteiger partial charge in [-0.05, 0) is 43.3 Å². The van der Waals surface area contributed by atoms with Crippen molar-refractivity contribution in [3.63, 3.8) is 0 Å². The van der Waals surface area contributed by atoms with Gasteiger partial charge in [-0.15, -0.1) is 0 Å². The van der Waals surface area contributed by atoms with E-state index in [4.69, 9.17) is 9.97 Å². The van der Waals surface area contributed by atoms with Crippen molar-refractivity contribution >= 4 is 34.0 Å². The average molecular weight is 422 g/mol. The summed E-state index contributed by atoms with van der Waals surface area (Å²) in [6, 6.07) is 27.0. The molecule has 2 N–H and O–H groups in total. The fourth-order valence-electron chi connectivity index (χ4n) is 3.66. The molecule has 3 aromatic carbocycles. The molecule has 158 valence electrons. The van der Waals surface area contributed by atoms with Crippen LogP contribution in [0.4, 0.5) is 23.0 Å². The topological polar surface area (TPSA) is 76.8 Å². The van der Waals surface area contributed by atoms with Crippen molar-refractivity contribution in [2.45, 2.75) is 6.92 Å². The number of hydrogen-bond acceptors (Lipinski definition) is 5. The number of fused-ring (bicyclic) bond motifs is 1. The highest BCUT2D eigenvalue weighted by Crippen LogP contribution is 2.28. The van der Waals surface area contributed by atoms with E-state index < -0.39 is 0 Å². The predicted octanol–water partition coefficient (Wildman–Crippen LogP) is 4.91. The summed E-state index contributed by atoms with van der Waals surface area (Å²) in [5.74, 6) is 1.03. The number of rotatable bonds is 5. The molecule has 0 aliphatic rings. The van der Waals surface area contributed by atoms with Crippen LogP contribution < -0.4 is 16.2 Å². The number of hydrogen-bond donors (Lipinski definition) is 2. The lowest BCUT2D eigenvalue weighted by Gasteiger charge is -2.13. The molecule has 0 bridgehead atoms. The minimum absolute atomic E-state index is 0.156. The van der Waals surface area contributed by atoms with Crippen molar-refractivity contribution in [3.8, 4) is 5.69 Å². The van der Waals surface area contributed by atoms with Crippen LogP contribution in [-0.2, 0) is 7.05 Å². The second-order valence-electron chi connectivity index (χ2n) is 7.46. The highest BCUT2D eigenvalue weighted by atomic mass is 16.1. The van der Waals surface area contributed by atoms with Gasteiger partial charge in [-0.25, -0.2) is 14.6 Å². The third-order valence-corrected chi connectivity index (χ3v) is 5.40. The first-order chi connectivity index (χ1) is 15.6. The van der Waals surface area contributed by atoms with Gasteiger partial charge in [0.15, 0.2) is 11.6 Å². The second-order valence-corrected chi connectivity index (χ2v) is 7.46. The molecule has 7 nitrogen and oxygen atoms in total. The Bertz CT molecular complexity index is 1460. The molecule has 0 saturated carbocycles. The standard InChI is InChI=1S/C25H22N6O/c1-17-22(25(32)31(30(17)2)19-13-7-4-8-14-19)29-24-23(26-18-11-5-3-6-12-18)27-20-15-9-10-16-21(20)28-24/h3-16H,1-2H3,(H,26,27)(H,28,29). The summed E-state index contributed by atoms with van der Waals surface area (Å²) in [5.41, 5.74) is 4.27. The van der Waals surface area contributed by atoms with Crippen LogP contribution in [0.3, 0.4) is 0 Å². The molecule has 0 aliphatic carbocycles. The molecule has 5 rings (SSSR count). The number of aromatic nitrogens is 4. The number of nitrogens with zero attached hydrogens (tertiary/aromatic N) is 4. The number of nitrogens with one attached hydrogen (secondary N) is 2. The van der Waals surface area contributed by atoms with Gasteiger partial charge >= 0.3 is 0 Å². The van der Waals surface area contributed by atoms with Crippen LogP contribution in [0.25, 0.3) is 16.7 Å². The first-order valence-electron chi connectivity index (χ1n) is 10.3. The van der Waals surface area contributed by atoms with Crippen molar-refractivity contribution in [1.82, 2.24) is 19.3 Å². The third kappa shape index (κ3) is 3.50. The summed E-state index contributed by atoms with van der Waals surface area (Å²) in [7, 11) is 1.87. The van der Waals surface area contributed by atoms with Crippen LogP contribution >= 0.6 is 0 Å². The van der Waals surface area contributed by atoms with Crippen LogP contribution in [0.5, 0.6) is 0 Å². The summed E-state index contributed by atoms with van der Waals surface area (Å²) in [6.07, 6.45) is 0. The highest BCUT2D eigenvalue weighted by molar-refractivity contribution is 5.83. The molecule has 7 heteroatoms. The van der Waals surface area contributed by atoms with Crippen LogP contribution in [0.2, 0.25) is 0 Å². The van der Waals surface area contributed by atoms with E-state index in [-0.39, 0.29) is 5.56 Å². The van der Waals surface area contributed by atoms with Crippen molar-refractivity contribution in [2.24, 2.45) is 7.05 Å². The van der Waals surface area contributed by atoms with Crippen molar-refractivity contribution in [2.75, 3.05) is 10.6 Å². The van der Waals surface area contributed by atoms with Crippen LogP contribution in [-0.4, -0.2) is 19.3 Å². The summed E-state index contributed by atoms with van der Waals surface area (Å²) < 4.78 is 3.47. The lowest BCUT2D eigenvalue weighted by Crippen LogP contribution is -2.20. The van der Waals surface area contributed by atoms with Gasteiger partial charge in [0.2, 0.25) is 0 Å². The Kier molecular flexibility index (Phi) is 4.91. The Morgan fingerprint density at radius 1 is 0.719 bits per heavy atom. The first kappa shape index (κ1) is 19.6. The fraction of sp³-hybridized carbons (Fsp3) is 0.0800. The highest BCUT2D eigenvalue weighted by Gasteiger charge is 2.19. The Balaban J connectivity index is 1.63. The van der Waals surface area contributed by atoms with Crippen LogP contribution in [0.15, 0.2) is 89.7 Å². The molecule has 5 aromatic rings. The van der Waals surface area contributed by atoms with Gasteiger partial charge in [-0.2, -0.15) is 0 Å². The van der Waals surface area contributed by atoms with Gasteiger partial charge in [0.25, 0.3) is 5.56 Å². The lowest BCUT2D eigenvalue weighted by molar-refractivity contribution is 0.630. The SMILES string of the molecule is Cc1c(Nc2nc3ccccc3nc2Nc2ccccc2)c(=O)n(-c2ccccc2)n1C. The average Bonchev–Trinajstić information content (AvgIpc) is 3.03. The molecule has 0 atom stereocenters. The number of benzene rings is 3. The molecule has 2 heterocycles. The van der Waals surface area contributed by atoms with Crippen molar-refractivity contribution in [3.05, 3.63) is 101 Å². The van der Waals surface area contributed by atoms with Crippen molar-refractivity contribution < 1.29 is 0 Å². The quantitative estimate of drug-likeness (QED) is 0.421. The summed E-state index contributed by atoms with van der Waals surface area (Å²) >= 11 is 0. The van der Waals surface area contributed by atoms with E-state index in [9.17, 15) is 4.79 Å². The van der Waals surface area contributed by atoms with Crippen molar-refractivity contribution in [1.29, 1.82) is 0 Å². The molecule has 0 unspecified atom stereocenters. The van der Waals surface area contributed by atoms with E-state index in [1.54, 1.807) is 4.68 Å². The molecular formula is C25H22N6O. The zero-order chi connectivity index (χ0) is 22.1. The van der Waals surface area contributed by atoms with Gasteiger partial charge in [0.05, 0.1) is 22.4 Å². The number of para-hydroxylation sites is 4. The van der Waals surface area contributed by atoms with E-state index in [0.717, 1.165) is 28.1 Å². The minimum Gasteiger partial charge on any atom is -0.337 e. The predicted molar refractivity (Wildman–Crippen MR) is 128 cm³/mol. The Hall–Kier alpha value is -4.39. The molecule has 0 amide bonds. The smallest absolute Gasteiger partial charge is 0.295 e. The fourth-order valence-corrected chi connectivity index (χ4v) is 3.66. The molecule has 32 heavy (non-hydrogen) atoms. The molecule has 0 radical (unpaired) electrons. The molecule has 0 saturated heterocycles. The Morgan fingerprint density at radius 3 is 1.88 bits per heavy atom. The monoisotopic (exact) mass is 422 g/mol. The van der Waals surface area contributed by atoms with E-state index in [0.29, 0.717) is 17.3 Å². The van der Waals surface area contributed by atoms with E-state index in [1.807, 2.05) is 104 Å². The zero-order valence-corrected chi connectivity index (χ0v) is 17.8. The van der Waals surface area contributed by atoms with Gasteiger partial charge in [-0.1, -0.05) is 48.5 Å². The molecule has 0 aliphatic heterocycles. The number of anilines is 4. The lowest BCUT2D eigenvalue weighted by atomic mass is 10.3. The largest absolute Gasteiger partial charge is 0.337 e. The van der Waals surface area contributed by atoms with Gasteiger partial charge in [0, 0.05) is 12.7 Å². The molecule has 0 spiro atoms. The maximum absolute atomic E-state index is 13.4. The van der Waals surface area contributed by atoms with Gasteiger partial charge in [0.1, 0.15) is 5.69 Å². The molecule has 2 aromatic heterocycles. The maximum atomic E-state index is 13.4. The van der Waals surface area contributed by atoms with Crippen LogP contribution in [0, 0.1) is 6.92 Å². The van der Waals surface area contributed by atoms with E-state index in [1.165, 1.54) is 0 Å². The van der Waals surface area contributed by atoms with Gasteiger partial charge in [-0.3, -0.25) is 9.48 Å². The summed E-state index contributed by atoms with van der Waals surface area (Å²) in [4.78, 5) is 22.9. The summed E-state index contributed by atoms with van der Waals surface area (Å²) in [6.45, 7) is 1.90. The van der Waals surface area contributed by atoms with Gasteiger partial charge < -0.3 is 10.6 Å². The Labute approximate surface area is 185 Å². The molecule has 0 fully saturated rings. The van der Waals surface area contributed by atoms with Crippen LogP contribution in [0.1, 0.15) is 5.69 Å². The zero-order valence-electron chi connectivity index (χ0n) is 17.8. The minimum atomic E-state index is -0.156. The Morgan fingerprint density at radius 2 is 1.25 bits per heavy atom. The maximum Gasteiger partial charge on any atom is 0.295 e. The second kappa shape index (κ2) is 8.03.